The number of ether oxygens (including phenoxy) is 1. The number of nitrogens with zero attached hydrogens (tertiary/aromatic N) is 4. The van der Waals surface area contributed by atoms with E-state index in [0.29, 0.717) is 29.0 Å². The van der Waals surface area contributed by atoms with E-state index in [-0.39, 0.29) is 0 Å². The Labute approximate surface area is 170 Å². The largest absolute Gasteiger partial charge is 0.439 e. The standard InChI is InChI=1S/C21H15F2N5O2/c1-13-25-18(28-10-9-24-12-28)11-19(26-13)30-15-7-5-14(6-8-15)27-21(29)20-16(22)3-2-4-17(20)23/h2-12H,1H3,(H,27,29). The van der Waals surface area contributed by atoms with Gasteiger partial charge in [0, 0.05) is 24.1 Å². The fourth-order valence-corrected chi connectivity index (χ4v) is 2.74. The van der Waals surface area contributed by atoms with E-state index < -0.39 is 23.1 Å². The summed E-state index contributed by atoms with van der Waals surface area (Å²) < 4.78 is 35.0. The Morgan fingerprint density at radius 2 is 1.80 bits per heavy atom. The number of carbonyl (C=O) groups is 1. The van der Waals surface area contributed by atoms with Gasteiger partial charge in [-0.05, 0) is 43.3 Å². The molecule has 1 N–H and O–H groups in total. The number of benzene rings is 2. The molecule has 2 aromatic carbocycles. The van der Waals surface area contributed by atoms with Gasteiger partial charge in [0.15, 0.2) is 0 Å². The molecule has 4 aromatic rings. The average Bonchev–Trinajstić information content (AvgIpc) is 3.24. The van der Waals surface area contributed by atoms with Crippen molar-refractivity contribution >= 4 is 11.6 Å². The van der Waals surface area contributed by atoms with Crippen molar-refractivity contribution < 1.29 is 18.3 Å². The highest BCUT2D eigenvalue weighted by atomic mass is 19.1. The molecule has 150 valence electrons. The number of aromatic nitrogens is 4. The lowest BCUT2D eigenvalue weighted by molar-refractivity contribution is 0.101. The Balaban J connectivity index is 1.49. The predicted molar refractivity (Wildman–Crippen MR) is 105 cm³/mol. The molecule has 2 aromatic heterocycles. The summed E-state index contributed by atoms with van der Waals surface area (Å²) in [6, 6.07) is 11.2. The van der Waals surface area contributed by atoms with Crippen molar-refractivity contribution in [3.8, 4) is 17.4 Å². The van der Waals surface area contributed by atoms with Gasteiger partial charge in [-0.2, -0.15) is 4.98 Å². The maximum Gasteiger partial charge on any atom is 0.261 e. The number of rotatable bonds is 5. The van der Waals surface area contributed by atoms with E-state index >= 15 is 0 Å². The lowest BCUT2D eigenvalue weighted by Gasteiger charge is -2.10. The first-order chi connectivity index (χ1) is 14.5. The Hall–Kier alpha value is -4.14. The van der Waals surface area contributed by atoms with E-state index in [1.54, 1.807) is 60.5 Å². The Bertz CT molecular complexity index is 1170. The first kappa shape index (κ1) is 19.2. The smallest absolute Gasteiger partial charge is 0.261 e. The second kappa shape index (κ2) is 8.08. The Morgan fingerprint density at radius 3 is 2.47 bits per heavy atom. The molecule has 7 nitrogen and oxygen atoms in total. The highest BCUT2D eigenvalue weighted by Gasteiger charge is 2.17. The van der Waals surface area contributed by atoms with Crippen molar-refractivity contribution in [2.24, 2.45) is 0 Å². The SMILES string of the molecule is Cc1nc(Oc2ccc(NC(=O)c3c(F)cccc3F)cc2)cc(-n2ccnc2)n1. The van der Waals surface area contributed by atoms with Crippen LogP contribution in [0, 0.1) is 18.6 Å². The van der Waals surface area contributed by atoms with Crippen LogP contribution >= 0.6 is 0 Å². The highest BCUT2D eigenvalue weighted by molar-refractivity contribution is 6.04. The molecule has 0 aliphatic heterocycles. The van der Waals surface area contributed by atoms with E-state index in [2.05, 4.69) is 20.3 Å². The van der Waals surface area contributed by atoms with Gasteiger partial charge in [-0.15, -0.1) is 0 Å². The average molecular weight is 407 g/mol. The predicted octanol–water partition coefficient (Wildman–Crippen LogP) is 4.29. The molecule has 9 heteroatoms. The zero-order chi connectivity index (χ0) is 21.1. The molecular weight excluding hydrogens is 392 g/mol. The third-order valence-corrected chi connectivity index (χ3v) is 4.09. The van der Waals surface area contributed by atoms with Crippen LogP contribution in [-0.4, -0.2) is 25.4 Å². The van der Waals surface area contributed by atoms with E-state index in [9.17, 15) is 13.6 Å². The molecule has 0 unspecified atom stereocenters. The molecular formula is C21H15F2N5O2. The quantitative estimate of drug-likeness (QED) is 0.534. The maximum absolute atomic E-state index is 13.7. The van der Waals surface area contributed by atoms with Crippen LogP contribution in [0.1, 0.15) is 16.2 Å². The summed E-state index contributed by atoms with van der Waals surface area (Å²) >= 11 is 0. The monoisotopic (exact) mass is 407 g/mol. The van der Waals surface area contributed by atoms with E-state index in [0.717, 1.165) is 12.1 Å². The zero-order valence-electron chi connectivity index (χ0n) is 15.7. The molecule has 0 aliphatic rings. The second-order valence-corrected chi connectivity index (χ2v) is 6.26. The minimum Gasteiger partial charge on any atom is -0.439 e. The van der Waals surface area contributed by atoms with Crippen LogP contribution in [0.4, 0.5) is 14.5 Å². The molecule has 30 heavy (non-hydrogen) atoms. The van der Waals surface area contributed by atoms with Crippen LogP contribution in [0.2, 0.25) is 0 Å². The molecule has 0 bridgehead atoms. The van der Waals surface area contributed by atoms with Crippen LogP contribution in [0.25, 0.3) is 5.82 Å². The number of hydrogen-bond acceptors (Lipinski definition) is 5. The van der Waals surface area contributed by atoms with Gasteiger partial charge in [0.2, 0.25) is 5.88 Å². The number of amides is 1. The highest BCUT2D eigenvalue weighted by Crippen LogP contribution is 2.24. The van der Waals surface area contributed by atoms with E-state index in [1.807, 2.05) is 0 Å². The van der Waals surface area contributed by atoms with Gasteiger partial charge in [-0.25, -0.2) is 18.7 Å². The van der Waals surface area contributed by atoms with Gasteiger partial charge in [0.1, 0.15) is 40.9 Å². The second-order valence-electron chi connectivity index (χ2n) is 6.26. The number of hydrogen-bond donors (Lipinski definition) is 1. The first-order valence-corrected chi connectivity index (χ1v) is 8.87. The molecule has 0 atom stereocenters. The van der Waals surface area contributed by atoms with Crippen molar-refractivity contribution in [3.63, 3.8) is 0 Å². The van der Waals surface area contributed by atoms with Gasteiger partial charge in [-0.3, -0.25) is 9.36 Å². The minimum atomic E-state index is -0.930. The molecule has 2 heterocycles. The number of imidazole rings is 1. The number of aryl methyl sites for hydroxylation is 1. The van der Waals surface area contributed by atoms with Crippen LogP contribution in [0.15, 0.2) is 67.3 Å². The third-order valence-electron chi connectivity index (χ3n) is 4.09. The van der Waals surface area contributed by atoms with Crippen molar-refractivity contribution in [2.75, 3.05) is 5.32 Å². The number of halogens is 2. The number of carbonyl (C=O) groups excluding carboxylic acids is 1. The number of anilines is 1. The lowest BCUT2D eigenvalue weighted by Crippen LogP contribution is -2.15. The zero-order valence-corrected chi connectivity index (χ0v) is 15.7. The van der Waals surface area contributed by atoms with Gasteiger partial charge in [0.25, 0.3) is 5.91 Å². The molecule has 4 rings (SSSR count). The van der Waals surface area contributed by atoms with Crippen molar-refractivity contribution in [1.29, 1.82) is 0 Å². The summed E-state index contributed by atoms with van der Waals surface area (Å²) in [5.74, 6) is -0.829. The normalized spacial score (nSPS) is 10.6. The van der Waals surface area contributed by atoms with Crippen LogP contribution in [-0.2, 0) is 0 Å². The van der Waals surface area contributed by atoms with E-state index in [4.69, 9.17) is 4.74 Å². The molecule has 0 saturated heterocycles. The summed E-state index contributed by atoms with van der Waals surface area (Å²) in [6.07, 6.45) is 5.00. The van der Waals surface area contributed by atoms with Crippen molar-refractivity contribution in [1.82, 2.24) is 19.5 Å². The summed E-state index contributed by atoms with van der Waals surface area (Å²) in [7, 11) is 0. The number of nitrogens with one attached hydrogen (secondary N) is 1. The summed E-state index contributed by atoms with van der Waals surface area (Å²) in [6.45, 7) is 1.74. The molecule has 0 spiro atoms. The molecule has 0 radical (unpaired) electrons. The summed E-state index contributed by atoms with van der Waals surface area (Å²) in [5, 5.41) is 2.46. The first-order valence-electron chi connectivity index (χ1n) is 8.87. The van der Waals surface area contributed by atoms with Gasteiger partial charge >= 0.3 is 0 Å². The molecule has 0 aliphatic carbocycles. The van der Waals surface area contributed by atoms with E-state index in [1.165, 1.54) is 6.07 Å². The van der Waals surface area contributed by atoms with Gasteiger partial charge < -0.3 is 10.1 Å². The van der Waals surface area contributed by atoms with Gasteiger partial charge in [-0.1, -0.05) is 6.07 Å². The lowest BCUT2D eigenvalue weighted by atomic mass is 10.2. The molecule has 1 amide bonds. The van der Waals surface area contributed by atoms with Crippen LogP contribution in [0.3, 0.4) is 0 Å². The van der Waals surface area contributed by atoms with Gasteiger partial charge in [0.05, 0.1) is 0 Å². The van der Waals surface area contributed by atoms with Crippen molar-refractivity contribution in [2.45, 2.75) is 6.92 Å². The third kappa shape index (κ3) is 4.14. The fourth-order valence-electron chi connectivity index (χ4n) is 2.74. The summed E-state index contributed by atoms with van der Waals surface area (Å²) in [5.41, 5.74) is -0.283. The fraction of sp³-hybridized carbons (Fsp3) is 0.0476. The Kier molecular flexibility index (Phi) is 5.17. The summed E-state index contributed by atoms with van der Waals surface area (Å²) in [4.78, 5) is 24.7. The van der Waals surface area contributed by atoms with Crippen LogP contribution in [0.5, 0.6) is 11.6 Å². The Morgan fingerprint density at radius 1 is 1.07 bits per heavy atom. The minimum absolute atomic E-state index is 0.330. The maximum atomic E-state index is 13.7. The molecule has 0 fully saturated rings. The molecule has 0 saturated carbocycles. The topological polar surface area (TPSA) is 81.9 Å². The van der Waals surface area contributed by atoms with Crippen molar-refractivity contribution in [3.05, 3.63) is 90.3 Å². The van der Waals surface area contributed by atoms with Crippen LogP contribution < -0.4 is 10.1 Å².